The van der Waals surface area contributed by atoms with Crippen LogP contribution in [-0.4, -0.2) is 37.9 Å². The van der Waals surface area contributed by atoms with E-state index >= 15 is 0 Å². The lowest BCUT2D eigenvalue weighted by Gasteiger charge is -2.39. The minimum Gasteiger partial charge on any atom is -0.444 e. The molecule has 0 unspecified atom stereocenters. The molecule has 0 atom stereocenters. The molecule has 1 aliphatic heterocycles. The van der Waals surface area contributed by atoms with Crippen molar-refractivity contribution in [3.8, 4) is 22.4 Å². The fraction of sp³-hybridized carbons (Fsp3) is 0.400. The molecule has 0 fully saturated rings. The van der Waals surface area contributed by atoms with Crippen molar-refractivity contribution in [3.63, 3.8) is 0 Å². The van der Waals surface area contributed by atoms with Crippen molar-refractivity contribution in [3.05, 3.63) is 59.0 Å². The molecule has 32 heavy (non-hydrogen) atoms. The number of pyridine rings is 1. The molecule has 0 radical (unpaired) electrons. The Morgan fingerprint density at radius 3 is 2.44 bits per heavy atom. The maximum absolute atomic E-state index is 13.0. The van der Waals surface area contributed by atoms with Crippen LogP contribution in [0.5, 0.6) is 0 Å². The number of rotatable bonds is 2. The summed E-state index contributed by atoms with van der Waals surface area (Å²) < 4.78 is 7.74. The van der Waals surface area contributed by atoms with Gasteiger partial charge in [0.2, 0.25) is 0 Å². The summed E-state index contributed by atoms with van der Waals surface area (Å²) in [6.45, 7) is 12.7. The predicted molar refractivity (Wildman–Crippen MR) is 127 cm³/mol. The summed E-state index contributed by atoms with van der Waals surface area (Å²) in [4.78, 5) is 18.9. The van der Waals surface area contributed by atoms with E-state index in [0.717, 1.165) is 38.7 Å². The normalized spacial score (nSPS) is 15.4. The Hall–Kier alpha value is -2.86. The molecule has 0 spiro atoms. The third-order valence-corrected chi connectivity index (χ3v) is 5.95. The van der Waals surface area contributed by atoms with Crippen molar-refractivity contribution < 1.29 is 9.53 Å². The summed E-state index contributed by atoms with van der Waals surface area (Å²) in [6, 6.07) is 9.90. The standard InChI is InChI=1S/C25H29ClN4O2/c1-16-13-18(7-8-19(16)26)22-21(17-9-11-27-12-10-17)20-14-29(23(31)32-24(2,3)4)15-25(5,6)30(20)28-22/h7-13H,14-15H2,1-6H3. The van der Waals surface area contributed by atoms with Gasteiger partial charge in [-0.25, -0.2) is 4.79 Å². The molecule has 7 heteroatoms. The second kappa shape index (κ2) is 7.93. The molecule has 0 bridgehead atoms. The zero-order valence-electron chi connectivity index (χ0n) is 19.4. The molecule has 0 saturated heterocycles. The van der Waals surface area contributed by atoms with Crippen LogP contribution in [0.25, 0.3) is 22.4 Å². The van der Waals surface area contributed by atoms with Gasteiger partial charge < -0.3 is 4.74 Å². The first-order chi connectivity index (χ1) is 15.0. The van der Waals surface area contributed by atoms with E-state index in [2.05, 4.69) is 29.6 Å². The van der Waals surface area contributed by atoms with Crippen LogP contribution in [0.2, 0.25) is 5.02 Å². The zero-order chi connectivity index (χ0) is 23.3. The molecule has 4 rings (SSSR count). The molecule has 2 aromatic heterocycles. The van der Waals surface area contributed by atoms with Crippen LogP contribution in [0.3, 0.4) is 0 Å². The molecule has 1 amide bonds. The fourth-order valence-corrected chi connectivity index (χ4v) is 4.26. The van der Waals surface area contributed by atoms with E-state index in [0.29, 0.717) is 13.1 Å². The first-order valence-corrected chi connectivity index (χ1v) is 11.1. The van der Waals surface area contributed by atoms with E-state index in [-0.39, 0.29) is 6.09 Å². The quantitative estimate of drug-likeness (QED) is 0.474. The summed E-state index contributed by atoms with van der Waals surface area (Å²) in [7, 11) is 0. The van der Waals surface area contributed by atoms with Gasteiger partial charge in [-0.15, -0.1) is 0 Å². The smallest absolute Gasteiger partial charge is 0.410 e. The number of ether oxygens (including phenoxy) is 1. The van der Waals surface area contributed by atoms with Gasteiger partial charge in [0, 0.05) is 35.1 Å². The van der Waals surface area contributed by atoms with Gasteiger partial charge in [0.15, 0.2) is 0 Å². The van der Waals surface area contributed by atoms with E-state index in [9.17, 15) is 4.79 Å². The van der Waals surface area contributed by atoms with Gasteiger partial charge in [0.1, 0.15) is 11.3 Å². The number of halogens is 1. The van der Waals surface area contributed by atoms with E-state index in [1.165, 1.54) is 0 Å². The van der Waals surface area contributed by atoms with Gasteiger partial charge in [-0.2, -0.15) is 5.10 Å². The van der Waals surface area contributed by atoms with Gasteiger partial charge in [-0.1, -0.05) is 17.7 Å². The van der Waals surface area contributed by atoms with Gasteiger partial charge in [0.05, 0.1) is 17.8 Å². The number of carbonyl (C=O) groups is 1. The Kier molecular flexibility index (Phi) is 5.53. The van der Waals surface area contributed by atoms with Gasteiger partial charge in [-0.3, -0.25) is 14.6 Å². The Morgan fingerprint density at radius 1 is 1.12 bits per heavy atom. The number of hydrogen-bond acceptors (Lipinski definition) is 4. The number of hydrogen-bond donors (Lipinski definition) is 0. The Morgan fingerprint density at radius 2 is 1.81 bits per heavy atom. The van der Waals surface area contributed by atoms with Crippen LogP contribution in [0, 0.1) is 6.92 Å². The van der Waals surface area contributed by atoms with Gasteiger partial charge >= 0.3 is 6.09 Å². The SMILES string of the molecule is Cc1cc(-c2nn3c(c2-c2ccncc2)CN(C(=O)OC(C)(C)C)CC3(C)C)ccc1Cl. The summed E-state index contributed by atoms with van der Waals surface area (Å²) in [5, 5.41) is 5.79. The average Bonchev–Trinajstić information content (AvgIpc) is 3.09. The van der Waals surface area contributed by atoms with Crippen molar-refractivity contribution >= 4 is 17.7 Å². The second-order valence-corrected chi connectivity index (χ2v) is 10.3. The third kappa shape index (κ3) is 4.24. The molecular weight excluding hydrogens is 424 g/mol. The highest BCUT2D eigenvalue weighted by molar-refractivity contribution is 6.31. The molecule has 3 heterocycles. The van der Waals surface area contributed by atoms with E-state index in [4.69, 9.17) is 21.4 Å². The number of nitrogens with zero attached hydrogens (tertiary/aromatic N) is 4. The number of amides is 1. The molecule has 6 nitrogen and oxygen atoms in total. The largest absolute Gasteiger partial charge is 0.444 e. The van der Waals surface area contributed by atoms with Crippen LogP contribution in [0.15, 0.2) is 42.7 Å². The van der Waals surface area contributed by atoms with E-state index in [1.807, 2.05) is 52.0 Å². The van der Waals surface area contributed by atoms with Crippen LogP contribution < -0.4 is 0 Å². The van der Waals surface area contributed by atoms with Crippen LogP contribution in [0.1, 0.15) is 45.9 Å². The monoisotopic (exact) mass is 452 g/mol. The molecular formula is C25H29ClN4O2. The molecule has 0 N–H and O–H groups in total. The lowest BCUT2D eigenvalue weighted by atomic mass is 9.95. The van der Waals surface area contributed by atoms with Gasteiger partial charge in [-0.05, 0) is 76.9 Å². The second-order valence-electron chi connectivity index (χ2n) is 9.93. The number of carbonyl (C=O) groups excluding carboxylic acids is 1. The fourth-order valence-electron chi connectivity index (χ4n) is 4.14. The van der Waals surface area contributed by atoms with Crippen LogP contribution in [-0.2, 0) is 16.8 Å². The summed E-state index contributed by atoms with van der Waals surface area (Å²) in [5.41, 5.74) is 4.85. The van der Waals surface area contributed by atoms with Crippen molar-refractivity contribution in [2.45, 2.75) is 59.2 Å². The first kappa shape index (κ1) is 22.3. The molecule has 0 aliphatic carbocycles. The van der Waals surface area contributed by atoms with Gasteiger partial charge in [0.25, 0.3) is 0 Å². The highest BCUT2D eigenvalue weighted by Crippen LogP contribution is 2.40. The first-order valence-electron chi connectivity index (χ1n) is 10.7. The van der Waals surface area contributed by atoms with Crippen molar-refractivity contribution in [2.75, 3.05) is 6.54 Å². The highest BCUT2D eigenvalue weighted by Gasteiger charge is 2.39. The molecule has 168 valence electrons. The topological polar surface area (TPSA) is 60.2 Å². The maximum Gasteiger partial charge on any atom is 0.410 e. The van der Waals surface area contributed by atoms with Crippen LogP contribution >= 0.6 is 11.6 Å². The predicted octanol–water partition coefficient (Wildman–Crippen LogP) is 6.06. The molecule has 0 saturated carbocycles. The number of benzene rings is 1. The van der Waals surface area contributed by atoms with Crippen molar-refractivity contribution in [1.82, 2.24) is 19.7 Å². The third-order valence-electron chi connectivity index (χ3n) is 5.52. The minimum absolute atomic E-state index is 0.317. The summed E-state index contributed by atoms with van der Waals surface area (Å²) >= 11 is 6.29. The summed E-state index contributed by atoms with van der Waals surface area (Å²) in [5.74, 6) is 0. The Balaban J connectivity index is 1.89. The van der Waals surface area contributed by atoms with E-state index < -0.39 is 11.1 Å². The average molecular weight is 453 g/mol. The Labute approximate surface area is 194 Å². The zero-order valence-corrected chi connectivity index (χ0v) is 20.2. The number of aryl methyl sites for hydroxylation is 1. The number of fused-ring (bicyclic) bond motifs is 1. The lowest BCUT2D eigenvalue weighted by Crippen LogP contribution is -2.50. The van der Waals surface area contributed by atoms with Crippen LogP contribution in [0.4, 0.5) is 4.79 Å². The summed E-state index contributed by atoms with van der Waals surface area (Å²) in [6.07, 6.45) is 3.23. The number of aromatic nitrogens is 3. The molecule has 1 aromatic carbocycles. The molecule has 3 aromatic rings. The minimum atomic E-state index is -0.557. The van der Waals surface area contributed by atoms with Crippen molar-refractivity contribution in [1.29, 1.82) is 0 Å². The maximum atomic E-state index is 13.0. The highest BCUT2D eigenvalue weighted by atomic mass is 35.5. The lowest BCUT2D eigenvalue weighted by molar-refractivity contribution is 0.00919. The Bertz CT molecular complexity index is 1160. The van der Waals surface area contributed by atoms with Crippen molar-refractivity contribution in [2.24, 2.45) is 0 Å². The molecule has 1 aliphatic rings. The van der Waals surface area contributed by atoms with E-state index in [1.54, 1.807) is 17.3 Å².